The Morgan fingerprint density at radius 1 is 1.26 bits per heavy atom. The van der Waals surface area contributed by atoms with Gasteiger partial charge in [0, 0.05) is 27.8 Å². The van der Waals surface area contributed by atoms with Crippen LogP contribution in [-0.4, -0.2) is 30.5 Å². The van der Waals surface area contributed by atoms with E-state index in [2.05, 4.69) is 36.4 Å². The quantitative estimate of drug-likeness (QED) is 0.314. The lowest BCUT2D eigenvalue weighted by molar-refractivity contribution is -0.116. The van der Waals surface area contributed by atoms with Crippen LogP contribution in [0.2, 0.25) is 5.02 Å². The van der Waals surface area contributed by atoms with E-state index < -0.39 is 12.3 Å². The van der Waals surface area contributed by atoms with Gasteiger partial charge in [-0.3, -0.25) is 9.48 Å². The highest BCUT2D eigenvalue weighted by Gasteiger charge is 2.29. The maximum atomic E-state index is 13.8. The van der Waals surface area contributed by atoms with Crippen LogP contribution in [0.15, 0.2) is 41.0 Å². The number of pyridine rings is 1. The summed E-state index contributed by atoms with van der Waals surface area (Å²) in [6, 6.07) is 9.25. The van der Waals surface area contributed by atoms with Crippen LogP contribution in [-0.2, 0) is 17.9 Å². The molecule has 1 aromatic carbocycles. The second kappa shape index (κ2) is 9.07. The van der Waals surface area contributed by atoms with Gasteiger partial charge in [-0.05, 0) is 43.5 Å². The van der Waals surface area contributed by atoms with Crippen molar-refractivity contribution in [3.05, 3.63) is 68.5 Å². The molecule has 1 fully saturated rings. The number of aryl methyl sites for hydroxylation is 1. The molecule has 11 heteroatoms. The molecular formula is C23H20BrClF2N6O. The van der Waals surface area contributed by atoms with Crippen molar-refractivity contribution in [3.8, 4) is 0 Å². The minimum absolute atomic E-state index is 0.0919. The molecule has 5 rings (SSSR count). The van der Waals surface area contributed by atoms with E-state index in [0.29, 0.717) is 34.0 Å². The molecule has 3 heterocycles. The van der Waals surface area contributed by atoms with Crippen molar-refractivity contribution in [1.82, 2.24) is 24.5 Å². The van der Waals surface area contributed by atoms with Crippen LogP contribution in [0.5, 0.6) is 0 Å². The minimum atomic E-state index is -2.65. The van der Waals surface area contributed by atoms with Gasteiger partial charge in [-0.2, -0.15) is 10.2 Å². The first-order chi connectivity index (χ1) is 16.3. The molecule has 1 saturated carbocycles. The normalized spacial score (nSPS) is 13.7. The van der Waals surface area contributed by atoms with E-state index in [1.54, 1.807) is 17.8 Å². The van der Waals surface area contributed by atoms with Crippen LogP contribution >= 0.6 is 27.5 Å². The number of hydrogen-bond acceptors (Lipinski definition) is 4. The van der Waals surface area contributed by atoms with Crippen molar-refractivity contribution in [2.75, 3.05) is 5.32 Å². The van der Waals surface area contributed by atoms with Gasteiger partial charge in [-0.1, -0.05) is 39.7 Å². The van der Waals surface area contributed by atoms with Gasteiger partial charge in [0.2, 0.25) is 5.91 Å². The Labute approximate surface area is 207 Å². The van der Waals surface area contributed by atoms with Crippen LogP contribution < -0.4 is 5.32 Å². The molecule has 0 aliphatic heterocycles. The van der Waals surface area contributed by atoms with Crippen molar-refractivity contribution in [2.45, 2.75) is 45.2 Å². The minimum Gasteiger partial charge on any atom is -0.306 e. The molecule has 1 N–H and O–H groups in total. The fourth-order valence-electron chi connectivity index (χ4n) is 3.92. The zero-order valence-electron chi connectivity index (χ0n) is 18.1. The Balaban J connectivity index is 1.36. The number of benzene rings is 1. The number of carbonyl (C=O) groups is 1. The lowest BCUT2D eigenvalue weighted by atomic mass is 10.1. The second-order valence-corrected chi connectivity index (χ2v) is 9.67. The molecule has 0 atom stereocenters. The molecule has 1 aliphatic rings. The van der Waals surface area contributed by atoms with E-state index >= 15 is 0 Å². The first kappa shape index (κ1) is 22.9. The molecular weight excluding hydrogens is 530 g/mol. The molecule has 4 aromatic rings. The number of nitrogens with one attached hydrogen (secondary N) is 1. The van der Waals surface area contributed by atoms with Gasteiger partial charge in [0.1, 0.15) is 11.6 Å². The van der Waals surface area contributed by atoms with Gasteiger partial charge in [-0.25, -0.2) is 18.4 Å². The molecule has 34 heavy (non-hydrogen) atoms. The van der Waals surface area contributed by atoms with E-state index in [-0.39, 0.29) is 23.8 Å². The average Bonchev–Trinajstić information content (AvgIpc) is 3.52. The zero-order valence-corrected chi connectivity index (χ0v) is 20.4. The number of alkyl halides is 2. The predicted octanol–water partition coefficient (Wildman–Crippen LogP) is 5.85. The topological polar surface area (TPSA) is 77.6 Å². The third kappa shape index (κ3) is 4.69. The Morgan fingerprint density at radius 2 is 2.00 bits per heavy atom. The van der Waals surface area contributed by atoms with Gasteiger partial charge in [0.05, 0.1) is 17.6 Å². The van der Waals surface area contributed by atoms with E-state index in [1.807, 2.05) is 24.3 Å². The molecule has 0 bridgehead atoms. The summed E-state index contributed by atoms with van der Waals surface area (Å²) in [5.41, 5.74) is 2.25. The molecule has 1 aliphatic carbocycles. The molecule has 0 unspecified atom stereocenters. The van der Waals surface area contributed by atoms with Crippen LogP contribution in [0, 0.1) is 6.92 Å². The average molecular weight is 550 g/mol. The highest BCUT2D eigenvalue weighted by atomic mass is 79.9. The molecule has 176 valence electrons. The lowest BCUT2D eigenvalue weighted by Crippen LogP contribution is -2.20. The number of carbonyl (C=O) groups excluding carboxylic acids is 1. The zero-order chi connectivity index (χ0) is 24.0. The first-order valence-corrected chi connectivity index (χ1v) is 11.9. The summed E-state index contributed by atoms with van der Waals surface area (Å²) in [5, 5.41) is 12.0. The van der Waals surface area contributed by atoms with Crippen LogP contribution in [0.1, 0.15) is 47.7 Å². The Morgan fingerprint density at radius 3 is 2.68 bits per heavy atom. The van der Waals surface area contributed by atoms with E-state index in [9.17, 15) is 13.6 Å². The van der Waals surface area contributed by atoms with Gasteiger partial charge in [0.25, 0.3) is 6.43 Å². The standard InChI is InChI=1S/C23H20BrClF2N6O/c1-12-20-16(21(26)27)8-18(14-4-5-14)28-23(20)33(30-12)11-19(34)29-22-17(25)10-32(31-22)9-13-2-6-15(24)7-3-13/h2-3,6-8,10,14,21H,4-5,9,11H2,1H3,(H,29,31,34). The third-order valence-corrected chi connectivity index (χ3v) is 6.49. The molecule has 0 saturated heterocycles. The first-order valence-electron chi connectivity index (χ1n) is 10.7. The van der Waals surface area contributed by atoms with Gasteiger partial charge < -0.3 is 5.32 Å². The number of rotatable bonds is 7. The molecule has 7 nitrogen and oxygen atoms in total. The number of fused-ring (bicyclic) bond motifs is 1. The smallest absolute Gasteiger partial charge is 0.264 e. The monoisotopic (exact) mass is 548 g/mol. The number of hydrogen-bond donors (Lipinski definition) is 1. The summed E-state index contributed by atoms with van der Waals surface area (Å²) >= 11 is 9.68. The van der Waals surface area contributed by atoms with E-state index in [4.69, 9.17) is 11.6 Å². The van der Waals surface area contributed by atoms with Crippen LogP contribution in [0.4, 0.5) is 14.6 Å². The van der Waals surface area contributed by atoms with Crippen molar-refractivity contribution >= 4 is 50.3 Å². The number of anilines is 1. The number of aromatic nitrogens is 5. The summed E-state index contributed by atoms with van der Waals surface area (Å²) in [5.74, 6) is -0.0258. The Bertz CT molecular complexity index is 1380. The fourth-order valence-corrected chi connectivity index (χ4v) is 4.39. The van der Waals surface area contributed by atoms with Crippen molar-refractivity contribution in [2.24, 2.45) is 0 Å². The van der Waals surface area contributed by atoms with Crippen LogP contribution in [0.3, 0.4) is 0 Å². The van der Waals surface area contributed by atoms with Crippen molar-refractivity contribution in [3.63, 3.8) is 0 Å². The molecule has 1 amide bonds. The van der Waals surface area contributed by atoms with Gasteiger partial charge >= 0.3 is 0 Å². The second-order valence-electron chi connectivity index (χ2n) is 8.35. The Kier molecular flexibility index (Phi) is 6.11. The maximum absolute atomic E-state index is 13.8. The summed E-state index contributed by atoms with van der Waals surface area (Å²) in [6.07, 6.45) is 0.832. The molecule has 0 radical (unpaired) electrons. The lowest BCUT2D eigenvalue weighted by Gasteiger charge is -2.08. The summed E-state index contributed by atoms with van der Waals surface area (Å²) in [6.45, 7) is 1.92. The van der Waals surface area contributed by atoms with Crippen LogP contribution in [0.25, 0.3) is 11.0 Å². The summed E-state index contributed by atoms with van der Waals surface area (Å²) < 4.78 is 31.5. The van der Waals surface area contributed by atoms with E-state index in [1.165, 1.54) is 10.7 Å². The van der Waals surface area contributed by atoms with Gasteiger partial charge in [-0.15, -0.1) is 0 Å². The highest BCUT2D eigenvalue weighted by Crippen LogP contribution is 2.41. The Hall–Kier alpha value is -2.85. The predicted molar refractivity (Wildman–Crippen MR) is 128 cm³/mol. The fraction of sp³-hybridized carbons (Fsp3) is 0.304. The van der Waals surface area contributed by atoms with Gasteiger partial charge in [0.15, 0.2) is 11.5 Å². The largest absolute Gasteiger partial charge is 0.306 e. The third-order valence-electron chi connectivity index (χ3n) is 5.68. The highest BCUT2D eigenvalue weighted by molar-refractivity contribution is 9.10. The number of amides is 1. The maximum Gasteiger partial charge on any atom is 0.264 e. The number of nitrogens with zero attached hydrogens (tertiary/aromatic N) is 5. The molecule has 0 spiro atoms. The van der Waals surface area contributed by atoms with E-state index in [0.717, 1.165) is 22.9 Å². The number of halogens is 4. The van der Waals surface area contributed by atoms with Crippen molar-refractivity contribution in [1.29, 1.82) is 0 Å². The summed E-state index contributed by atoms with van der Waals surface area (Å²) in [4.78, 5) is 17.4. The summed E-state index contributed by atoms with van der Waals surface area (Å²) in [7, 11) is 0. The molecule has 3 aromatic heterocycles. The SMILES string of the molecule is Cc1nn(CC(=O)Nc2nn(Cc3ccc(Br)cc3)cc2Cl)c2nc(C3CC3)cc(C(F)F)c12. The van der Waals surface area contributed by atoms with Crippen molar-refractivity contribution < 1.29 is 13.6 Å².